The van der Waals surface area contributed by atoms with Crippen molar-refractivity contribution in [2.75, 3.05) is 27.3 Å². The molecular weight excluding hydrogens is 376 g/mol. The number of likely N-dealkylation sites (tertiary alicyclic amines) is 1. The fourth-order valence-electron chi connectivity index (χ4n) is 4.00. The van der Waals surface area contributed by atoms with Crippen LogP contribution in [-0.4, -0.2) is 38.1 Å². The van der Waals surface area contributed by atoms with Gasteiger partial charge >= 0.3 is 0 Å². The van der Waals surface area contributed by atoms with Crippen LogP contribution >= 0.6 is 0 Å². The summed E-state index contributed by atoms with van der Waals surface area (Å²) in [4.78, 5) is 15.4. The molecule has 0 radical (unpaired) electrons. The van der Waals surface area contributed by atoms with Gasteiger partial charge in [0.2, 0.25) is 0 Å². The molecule has 0 atom stereocenters. The molecule has 5 nitrogen and oxygen atoms in total. The van der Waals surface area contributed by atoms with E-state index in [1.807, 2.05) is 12.1 Å². The number of nitrogens with zero attached hydrogens (tertiary/aromatic N) is 1. The van der Waals surface area contributed by atoms with Gasteiger partial charge in [-0.1, -0.05) is 36.8 Å². The lowest BCUT2D eigenvalue weighted by atomic mass is 10.0. The molecule has 0 bridgehead atoms. The predicted octanol–water partition coefficient (Wildman–Crippen LogP) is 4.35. The fourth-order valence-corrected chi connectivity index (χ4v) is 4.00. The minimum absolute atomic E-state index is 0.131. The smallest absolute Gasteiger partial charge is 0.251 e. The van der Waals surface area contributed by atoms with Crippen LogP contribution in [0.5, 0.6) is 11.5 Å². The van der Waals surface area contributed by atoms with E-state index in [4.69, 9.17) is 9.47 Å². The zero-order valence-corrected chi connectivity index (χ0v) is 18.1. The third kappa shape index (κ3) is 5.42. The zero-order valence-electron chi connectivity index (χ0n) is 18.1. The molecule has 1 aliphatic heterocycles. The second-order valence-corrected chi connectivity index (χ2v) is 7.65. The van der Waals surface area contributed by atoms with Gasteiger partial charge in [-0.05, 0) is 55.6 Å². The minimum Gasteiger partial charge on any atom is -0.493 e. The first kappa shape index (κ1) is 21.9. The third-order valence-corrected chi connectivity index (χ3v) is 5.58. The van der Waals surface area contributed by atoms with Crippen molar-refractivity contribution in [3.63, 3.8) is 0 Å². The van der Waals surface area contributed by atoms with Gasteiger partial charge in [0.05, 0.1) is 14.2 Å². The molecule has 0 aromatic heterocycles. The van der Waals surface area contributed by atoms with Crippen molar-refractivity contribution in [2.24, 2.45) is 0 Å². The van der Waals surface area contributed by atoms with Gasteiger partial charge < -0.3 is 14.8 Å². The number of piperidine rings is 1. The molecule has 30 heavy (non-hydrogen) atoms. The van der Waals surface area contributed by atoms with Crippen molar-refractivity contribution in [3.05, 3.63) is 71.3 Å². The zero-order chi connectivity index (χ0) is 21.3. The average Bonchev–Trinajstić information content (AvgIpc) is 2.78. The number of hydrogen-bond acceptors (Lipinski definition) is 4. The normalized spacial score (nSPS) is 14.2. The highest BCUT2D eigenvalue weighted by Crippen LogP contribution is 2.33. The Hall–Kier alpha value is -2.79. The van der Waals surface area contributed by atoms with Crippen LogP contribution in [0.3, 0.4) is 0 Å². The van der Waals surface area contributed by atoms with Crippen LogP contribution in [0.2, 0.25) is 0 Å². The summed E-state index contributed by atoms with van der Waals surface area (Å²) in [5.74, 6) is 1.06. The number of carbonyl (C=O) groups excluding carboxylic acids is 1. The van der Waals surface area contributed by atoms with Gasteiger partial charge in [-0.25, -0.2) is 0 Å². The SMILES string of the molecule is C=CCc1cc(C(=O)NCc2ccccc2CN2CCCCC2)cc(OC)c1OC. The van der Waals surface area contributed by atoms with Gasteiger partial charge in [0, 0.05) is 24.2 Å². The maximum atomic E-state index is 12.9. The highest BCUT2D eigenvalue weighted by Gasteiger charge is 2.17. The first-order chi connectivity index (χ1) is 14.7. The molecule has 0 aliphatic carbocycles. The van der Waals surface area contributed by atoms with Crippen molar-refractivity contribution < 1.29 is 14.3 Å². The topological polar surface area (TPSA) is 50.8 Å². The minimum atomic E-state index is -0.131. The first-order valence-corrected chi connectivity index (χ1v) is 10.6. The summed E-state index contributed by atoms with van der Waals surface area (Å²) in [6.45, 7) is 7.53. The largest absolute Gasteiger partial charge is 0.493 e. The summed E-state index contributed by atoms with van der Waals surface area (Å²) < 4.78 is 10.9. The Balaban J connectivity index is 1.73. The Morgan fingerprint density at radius 1 is 1.07 bits per heavy atom. The average molecular weight is 409 g/mol. The molecule has 1 amide bonds. The van der Waals surface area contributed by atoms with E-state index in [1.54, 1.807) is 26.4 Å². The second-order valence-electron chi connectivity index (χ2n) is 7.65. The summed E-state index contributed by atoms with van der Waals surface area (Å²) in [5.41, 5.74) is 3.86. The molecule has 1 aliphatic rings. The first-order valence-electron chi connectivity index (χ1n) is 10.6. The molecule has 2 aromatic carbocycles. The molecule has 0 unspecified atom stereocenters. The van der Waals surface area contributed by atoms with Crippen LogP contribution in [0, 0.1) is 0 Å². The summed E-state index contributed by atoms with van der Waals surface area (Å²) in [5, 5.41) is 3.07. The van der Waals surface area contributed by atoms with Crippen LogP contribution in [0.15, 0.2) is 49.1 Å². The van der Waals surface area contributed by atoms with E-state index < -0.39 is 0 Å². The van der Waals surface area contributed by atoms with Crippen molar-refractivity contribution >= 4 is 5.91 Å². The third-order valence-electron chi connectivity index (χ3n) is 5.58. The van der Waals surface area contributed by atoms with E-state index >= 15 is 0 Å². The lowest BCUT2D eigenvalue weighted by Gasteiger charge is -2.27. The van der Waals surface area contributed by atoms with Crippen LogP contribution in [0.1, 0.15) is 46.3 Å². The number of carbonyl (C=O) groups is 1. The molecule has 1 heterocycles. The van der Waals surface area contributed by atoms with E-state index in [0.29, 0.717) is 30.0 Å². The number of hydrogen-bond donors (Lipinski definition) is 1. The molecule has 0 spiro atoms. The molecular formula is C25H32N2O3. The number of rotatable bonds is 9. The van der Waals surface area contributed by atoms with Crippen molar-refractivity contribution in [1.29, 1.82) is 0 Å². The summed E-state index contributed by atoms with van der Waals surface area (Å²) in [6, 6.07) is 11.9. The molecule has 2 aromatic rings. The van der Waals surface area contributed by atoms with Gasteiger partial charge in [0.15, 0.2) is 11.5 Å². The Morgan fingerprint density at radius 3 is 2.47 bits per heavy atom. The fraction of sp³-hybridized carbons (Fsp3) is 0.400. The number of methoxy groups -OCH3 is 2. The van der Waals surface area contributed by atoms with Crippen molar-refractivity contribution in [3.8, 4) is 11.5 Å². The van der Waals surface area contributed by atoms with Crippen LogP contribution in [0.25, 0.3) is 0 Å². The van der Waals surface area contributed by atoms with E-state index in [0.717, 1.165) is 30.8 Å². The Labute approximate surface area is 179 Å². The lowest BCUT2D eigenvalue weighted by Crippen LogP contribution is -2.30. The molecule has 160 valence electrons. The summed E-state index contributed by atoms with van der Waals surface area (Å²) in [6.07, 6.45) is 6.25. The van der Waals surface area contributed by atoms with E-state index in [9.17, 15) is 4.79 Å². The number of benzene rings is 2. The Bertz CT molecular complexity index is 873. The van der Waals surface area contributed by atoms with Crippen molar-refractivity contribution in [1.82, 2.24) is 10.2 Å². The molecule has 0 saturated carbocycles. The van der Waals surface area contributed by atoms with Crippen LogP contribution < -0.4 is 14.8 Å². The maximum absolute atomic E-state index is 12.9. The molecule has 3 rings (SSSR count). The Kier molecular flexibility index (Phi) is 7.91. The predicted molar refractivity (Wildman–Crippen MR) is 120 cm³/mol. The van der Waals surface area contributed by atoms with E-state index in [1.165, 1.54) is 24.8 Å². The Morgan fingerprint density at radius 2 is 1.80 bits per heavy atom. The van der Waals surface area contributed by atoms with Crippen LogP contribution in [0.4, 0.5) is 0 Å². The quantitative estimate of drug-likeness (QED) is 0.627. The highest BCUT2D eigenvalue weighted by molar-refractivity contribution is 5.95. The molecule has 5 heteroatoms. The van der Waals surface area contributed by atoms with Crippen molar-refractivity contribution in [2.45, 2.75) is 38.8 Å². The molecule has 1 N–H and O–H groups in total. The molecule has 1 fully saturated rings. The van der Waals surface area contributed by atoms with Gasteiger partial charge in [-0.15, -0.1) is 6.58 Å². The maximum Gasteiger partial charge on any atom is 0.251 e. The number of amides is 1. The van der Waals surface area contributed by atoms with Gasteiger partial charge in [-0.2, -0.15) is 0 Å². The lowest BCUT2D eigenvalue weighted by molar-refractivity contribution is 0.0950. The standard InChI is InChI=1S/C25H32N2O3/c1-4-10-19-15-22(16-23(29-2)24(19)30-3)25(28)26-17-20-11-6-7-12-21(20)18-27-13-8-5-9-14-27/h4,6-7,11-12,15-16H,1,5,8-10,13-14,17-18H2,2-3H3,(H,26,28). The van der Waals surface area contributed by atoms with Gasteiger partial charge in [-0.3, -0.25) is 9.69 Å². The highest BCUT2D eigenvalue weighted by atomic mass is 16.5. The van der Waals surface area contributed by atoms with Crippen LogP contribution in [-0.2, 0) is 19.5 Å². The summed E-state index contributed by atoms with van der Waals surface area (Å²) in [7, 11) is 3.18. The molecule has 1 saturated heterocycles. The monoisotopic (exact) mass is 408 g/mol. The number of ether oxygens (including phenoxy) is 2. The number of nitrogens with one attached hydrogen (secondary N) is 1. The van der Waals surface area contributed by atoms with E-state index in [2.05, 4.69) is 35.0 Å². The summed E-state index contributed by atoms with van der Waals surface area (Å²) >= 11 is 0. The second kappa shape index (κ2) is 10.8. The van der Waals surface area contributed by atoms with E-state index in [-0.39, 0.29) is 5.91 Å². The van der Waals surface area contributed by atoms with Gasteiger partial charge in [0.25, 0.3) is 5.91 Å². The number of allylic oxidation sites excluding steroid dienone is 1. The van der Waals surface area contributed by atoms with Gasteiger partial charge in [0.1, 0.15) is 0 Å².